The number of hydrogen-bond donors (Lipinski definition) is 2. The van der Waals surface area contributed by atoms with Crippen LogP contribution in [-0.2, 0) is 0 Å². The minimum absolute atomic E-state index is 0.399. The minimum atomic E-state index is -0.575. The van der Waals surface area contributed by atoms with E-state index in [1.54, 1.807) is 18.2 Å². The molecule has 0 spiro atoms. The summed E-state index contributed by atoms with van der Waals surface area (Å²) in [6.45, 7) is 4.09. The molecule has 0 aliphatic heterocycles. The van der Waals surface area contributed by atoms with Crippen LogP contribution in [0.5, 0.6) is 0 Å². The normalized spacial score (nSPS) is 15.2. The van der Waals surface area contributed by atoms with Gasteiger partial charge in [-0.2, -0.15) is 0 Å². The second kappa shape index (κ2) is 5.87. The molecule has 0 fully saturated rings. The fourth-order valence-electron chi connectivity index (χ4n) is 1.62. The van der Waals surface area contributed by atoms with Crippen molar-refractivity contribution in [2.24, 2.45) is 11.7 Å². The van der Waals surface area contributed by atoms with E-state index < -0.39 is 12.1 Å². The zero-order chi connectivity index (χ0) is 12.3. The van der Waals surface area contributed by atoms with Crippen molar-refractivity contribution in [1.82, 2.24) is 0 Å². The smallest absolute Gasteiger partial charge is 0.0735 e. The van der Waals surface area contributed by atoms with Crippen molar-refractivity contribution in [2.45, 2.75) is 32.4 Å². The van der Waals surface area contributed by atoms with E-state index in [-0.39, 0.29) is 0 Å². The number of benzene rings is 1. The molecule has 1 aromatic rings. The molecule has 0 unspecified atom stereocenters. The fraction of sp³-hybridized carbons (Fsp3) is 0.500. The molecule has 0 aliphatic carbocycles. The first kappa shape index (κ1) is 13.8. The highest BCUT2D eigenvalue weighted by Crippen LogP contribution is 2.25. The van der Waals surface area contributed by atoms with Crippen LogP contribution in [0.4, 0.5) is 0 Å². The Kier molecular flexibility index (Phi) is 5.06. The summed E-state index contributed by atoms with van der Waals surface area (Å²) in [5.41, 5.74) is 6.73. The van der Waals surface area contributed by atoms with Gasteiger partial charge in [-0.05, 0) is 36.1 Å². The maximum absolute atomic E-state index is 9.91. The molecule has 1 aromatic carbocycles. The molecule has 0 amide bonds. The van der Waals surface area contributed by atoms with Gasteiger partial charge in [-0.25, -0.2) is 0 Å². The molecule has 2 nitrogen and oxygen atoms in total. The molecule has 3 N–H and O–H groups in total. The van der Waals surface area contributed by atoms with E-state index in [0.29, 0.717) is 22.4 Å². The van der Waals surface area contributed by atoms with Crippen LogP contribution in [0.1, 0.15) is 31.9 Å². The monoisotopic (exact) mass is 261 g/mol. The molecular formula is C12H17Cl2NO. The van der Waals surface area contributed by atoms with Crippen LogP contribution >= 0.6 is 23.2 Å². The number of aliphatic hydroxyl groups is 1. The van der Waals surface area contributed by atoms with Crippen LogP contribution in [-0.4, -0.2) is 11.2 Å². The summed E-state index contributed by atoms with van der Waals surface area (Å²) in [5, 5.41) is 11.0. The average Bonchev–Trinajstić information content (AvgIpc) is 2.13. The predicted octanol–water partition coefficient (Wildman–Crippen LogP) is 3.40. The number of rotatable bonds is 4. The summed E-state index contributed by atoms with van der Waals surface area (Å²) in [5.74, 6) is 0.399. The highest BCUT2D eigenvalue weighted by atomic mass is 35.5. The lowest BCUT2D eigenvalue weighted by atomic mass is 9.95. The van der Waals surface area contributed by atoms with Gasteiger partial charge in [0.2, 0.25) is 0 Å². The van der Waals surface area contributed by atoms with Gasteiger partial charge in [0.15, 0.2) is 0 Å². The molecule has 0 aliphatic rings. The van der Waals surface area contributed by atoms with Crippen LogP contribution in [0.15, 0.2) is 18.2 Å². The van der Waals surface area contributed by atoms with Gasteiger partial charge in [0.05, 0.1) is 12.1 Å². The zero-order valence-corrected chi connectivity index (χ0v) is 11.0. The molecule has 90 valence electrons. The van der Waals surface area contributed by atoms with Gasteiger partial charge in [-0.15, -0.1) is 0 Å². The third kappa shape index (κ3) is 3.95. The SMILES string of the molecule is CC(C)C[C@H](O)[C@H](N)c1cc(Cl)cc(Cl)c1. The Hall–Kier alpha value is -0.280. The summed E-state index contributed by atoms with van der Waals surface area (Å²) in [4.78, 5) is 0. The summed E-state index contributed by atoms with van der Waals surface area (Å²) < 4.78 is 0. The Morgan fingerprint density at radius 3 is 2.12 bits per heavy atom. The molecule has 0 saturated heterocycles. The highest BCUT2D eigenvalue weighted by Gasteiger charge is 2.18. The van der Waals surface area contributed by atoms with E-state index in [2.05, 4.69) is 0 Å². The number of aliphatic hydroxyl groups excluding tert-OH is 1. The van der Waals surface area contributed by atoms with Gasteiger partial charge in [-0.1, -0.05) is 37.0 Å². The second-order valence-electron chi connectivity index (χ2n) is 4.43. The summed E-state index contributed by atoms with van der Waals surface area (Å²) >= 11 is 11.8. The van der Waals surface area contributed by atoms with Crippen LogP contribution in [0.25, 0.3) is 0 Å². The lowest BCUT2D eigenvalue weighted by molar-refractivity contribution is 0.121. The summed E-state index contributed by atoms with van der Waals surface area (Å²) in [6.07, 6.45) is 0.0835. The van der Waals surface area contributed by atoms with Gasteiger partial charge in [0.25, 0.3) is 0 Å². The van der Waals surface area contributed by atoms with Crippen molar-refractivity contribution in [3.8, 4) is 0 Å². The van der Waals surface area contributed by atoms with E-state index in [1.165, 1.54) is 0 Å². The Balaban J connectivity index is 2.82. The number of halogens is 2. The minimum Gasteiger partial charge on any atom is -0.391 e. The van der Waals surface area contributed by atoms with Crippen LogP contribution in [0.3, 0.4) is 0 Å². The van der Waals surface area contributed by atoms with Crippen molar-refractivity contribution in [3.05, 3.63) is 33.8 Å². The summed E-state index contributed by atoms with van der Waals surface area (Å²) in [7, 11) is 0. The van der Waals surface area contributed by atoms with Crippen LogP contribution in [0, 0.1) is 5.92 Å². The molecular weight excluding hydrogens is 245 g/mol. The lowest BCUT2D eigenvalue weighted by Crippen LogP contribution is -2.27. The molecule has 16 heavy (non-hydrogen) atoms. The van der Waals surface area contributed by atoms with Gasteiger partial charge in [0, 0.05) is 10.0 Å². The third-order valence-corrected chi connectivity index (χ3v) is 2.83. The number of nitrogens with two attached hydrogens (primary N) is 1. The quantitative estimate of drug-likeness (QED) is 0.873. The van der Waals surface area contributed by atoms with Crippen LogP contribution in [0.2, 0.25) is 10.0 Å². The molecule has 0 radical (unpaired) electrons. The van der Waals surface area contributed by atoms with Gasteiger partial charge in [-0.3, -0.25) is 0 Å². The van der Waals surface area contributed by atoms with Gasteiger partial charge in [0.1, 0.15) is 0 Å². The van der Waals surface area contributed by atoms with Gasteiger partial charge >= 0.3 is 0 Å². The number of hydrogen-bond acceptors (Lipinski definition) is 2. The molecule has 0 saturated carbocycles. The van der Waals surface area contributed by atoms with E-state index in [4.69, 9.17) is 28.9 Å². The van der Waals surface area contributed by atoms with E-state index >= 15 is 0 Å². The van der Waals surface area contributed by atoms with Crippen molar-refractivity contribution in [1.29, 1.82) is 0 Å². The van der Waals surface area contributed by atoms with Crippen molar-refractivity contribution >= 4 is 23.2 Å². The fourth-order valence-corrected chi connectivity index (χ4v) is 2.16. The molecule has 2 atom stereocenters. The Labute approximate surface area is 106 Å². The third-order valence-electron chi connectivity index (χ3n) is 2.40. The van der Waals surface area contributed by atoms with Crippen molar-refractivity contribution < 1.29 is 5.11 Å². The van der Waals surface area contributed by atoms with Gasteiger partial charge < -0.3 is 10.8 Å². The topological polar surface area (TPSA) is 46.2 Å². The average molecular weight is 262 g/mol. The van der Waals surface area contributed by atoms with E-state index in [9.17, 15) is 5.11 Å². The molecule has 0 bridgehead atoms. The summed E-state index contributed by atoms with van der Waals surface area (Å²) in [6, 6.07) is 4.68. The van der Waals surface area contributed by atoms with Crippen LogP contribution < -0.4 is 5.73 Å². The van der Waals surface area contributed by atoms with Crippen molar-refractivity contribution in [2.75, 3.05) is 0 Å². The van der Waals surface area contributed by atoms with Crippen molar-refractivity contribution in [3.63, 3.8) is 0 Å². The van der Waals surface area contributed by atoms with E-state index in [0.717, 1.165) is 5.56 Å². The molecule has 1 rings (SSSR count). The second-order valence-corrected chi connectivity index (χ2v) is 5.30. The maximum Gasteiger partial charge on any atom is 0.0735 e. The molecule has 0 aromatic heterocycles. The Bertz CT molecular complexity index is 335. The first-order chi connectivity index (χ1) is 7.40. The zero-order valence-electron chi connectivity index (χ0n) is 9.45. The Morgan fingerprint density at radius 2 is 1.69 bits per heavy atom. The maximum atomic E-state index is 9.91. The Morgan fingerprint density at radius 1 is 1.19 bits per heavy atom. The van der Waals surface area contributed by atoms with E-state index in [1.807, 2.05) is 13.8 Å². The first-order valence-electron chi connectivity index (χ1n) is 5.29. The first-order valence-corrected chi connectivity index (χ1v) is 6.05. The largest absolute Gasteiger partial charge is 0.391 e. The lowest BCUT2D eigenvalue weighted by Gasteiger charge is -2.21. The predicted molar refractivity (Wildman–Crippen MR) is 68.9 cm³/mol. The molecule has 4 heteroatoms. The standard InChI is InChI=1S/C12H17Cl2NO/c1-7(2)3-11(16)12(15)8-4-9(13)6-10(14)5-8/h4-7,11-12,16H,3,15H2,1-2H3/t11-,12+/m0/s1. The molecule has 0 heterocycles. The highest BCUT2D eigenvalue weighted by molar-refractivity contribution is 6.34.